The molecule has 0 aromatic heterocycles. The lowest BCUT2D eigenvalue weighted by Gasteiger charge is -2.10. The van der Waals surface area contributed by atoms with Crippen molar-refractivity contribution < 1.29 is 4.79 Å². The Morgan fingerprint density at radius 1 is 1.12 bits per heavy atom. The summed E-state index contributed by atoms with van der Waals surface area (Å²) in [6, 6.07) is 16.1. The number of carbonyl (C=O) groups is 1. The molecular formula is C20H25ClN2O. The number of carbonyl (C=O) groups excluding carboxylic acids is 1. The summed E-state index contributed by atoms with van der Waals surface area (Å²) in [5.74, 6) is 0.550. The van der Waals surface area contributed by atoms with Crippen molar-refractivity contribution in [2.45, 2.75) is 32.1 Å². The van der Waals surface area contributed by atoms with Crippen molar-refractivity contribution >= 4 is 24.0 Å². The predicted octanol–water partition coefficient (Wildman–Crippen LogP) is 4.39. The van der Waals surface area contributed by atoms with Crippen molar-refractivity contribution in [2.24, 2.45) is 0 Å². The van der Waals surface area contributed by atoms with Crippen molar-refractivity contribution in [3.63, 3.8) is 0 Å². The predicted molar refractivity (Wildman–Crippen MR) is 102 cm³/mol. The number of halogens is 1. The van der Waals surface area contributed by atoms with Crippen molar-refractivity contribution in [3.8, 4) is 0 Å². The van der Waals surface area contributed by atoms with Crippen LogP contribution in [0.3, 0.4) is 0 Å². The Kier molecular flexibility index (Phi) is 6.83. The number of nitrogens with one attached hydrogen (secondary N) is 2. The van der Waals surface area contributed by atoms with Crippen LogP contribution < -0.4 is 10.6 Å². The molecule has 1 fully saturated rings. The fourth-order valence-electron chi connectivity index (χ4n) is 3.09. The average Bonchev–Trinajstić information content (AvgIpc) is 3.11. The molecule has 0 bridgehead atoms. The molecule has 24 heavy (non-hydrogen) atoms. The van der Waals surface area contributed by atoms with Gasteiger partial charge in [-0.2, -0.15) is 0 Å². The number of amides is 1. The van der Waals surface area contributed by atoms with E-state index in [-0.39, 0.29) is 18.3 Å². The maximum Gasteiger partial charge on any atom is 0.255 e. The molecule has 1 aliphatic rings. The van der Waals surface area contributed by atoms with Gasteiger partial charge in [-0.3, -0.25) is 4.79 Å². The number of aryl methyl sites for hydroxylation is 1. The lowest BCUT2D eigenvalue weighted by molar-refractivity contribution is 0.102. The third kappa shape index (κ3) is 4.59. The van der Waals surface area contributed by atoms with Crippen LogP contribution in [0.15, 0.2) is 48.5 Å². The van der Waals surface area contributed by atoms with E-state index in [2.05, 4.69) is 29.7 Å². The van der Waals surface area contributed by atoms with Crippen molar-refractivity contribution in [2.75, 3.05) is 18.4 Å². The molecule has 1 aliphatic heterocycles. The molecule has 0 radical (unpaired) electrons. The molecule has 1 saturated heterocycles. The molecule has 3 rings (SSSR count). The summed E-state index contributed by atoms with van der Waals surface area (Å²) in [7, 11) is 0. The smallest absolute Gasteiger partial charge is 0.255 e. The molecule has 3 nitrogen and oxygen atoms in total. The number of rotatable bonds is 5. The van der Waals surface area contributed by atoms with Gasteiger partial charge >= 0.3 is 0 Å². The van der Waals surface area contributed by atoms with Gasteiger partial charge in [0.2, 0.25) is 0 Å². The summed E-state index contributed by atoms with van der Waals surface area (Å²) in [4.78, 5) is 12.3. The first-order valence-corrected chi connectivity index (χ1v) is 8.47. The molecule has 2 aromatic rings. The highest BCUT2D eigenvalue weighted by Crippen LogP contribution is 2.23. The molecule has 128 valence electrons. The van der Waals surface area contributed by atoms with Crippen LogP contribution in [0, 0.1) is 0 Å². The summed E-state index contributed by atoms with van der Waals surface area (Å²) in [5.41, 5.74) is 4.17. The van der Waals surface area contributed by atoms with Gasteiger partial charge in [-0.1, -0.05) is 37.6 Å². The average molecular weight is 345 g/mol. The molecule has 0 spiro atoms. The SMILES string of the molecule is CCCc1ccc(C(=O)Nc2ccc(C3CCNC3)cc2)cc1.Cl. The van der Waals surface area contributed by atoms with E-state index in [9.17, 15) is 4.79 Å². The molecule has 1 unspecified atom stereocenters. The van der Waals surface area contributed by atoms with Gasteiger partial charge in [0.15, 0.2) is 0 Å². The molecule has 2 N–H and O–H groups in total. The Balaban J connectivity index is 0.00000208. The maximum absolute atomic E-state index is 12.3. The summed E-state index contributed by atoms with van der Waals surface area (Å²) in [5, 5.41) is 6.36. The van der Waals surface area contributed by atoms with Gasteiger partial charge in [0.05, 0.1) is 0 Å². The quantitative estimate of drug-likeness (QED) is 0.844. The first-order valence-electron chi connectivity index (χ1n) is 8.47. The van der Waals surface area contributed by atoms with E-state index in [1.54, 1.807) is 0 Å². The third-order valence-electron chi connectivity index (χ3n) is 4.46. The van der Waals surface area contributed by atoms with E-state index in [0.717, 1.165) is 31.6 Å². The lowest BCUT2D eigenvalue weighted by Crippen LogP contribution is -2.12. The van der Waals surface area contributed by atoms with Crippen LogP contribution in [0.25, 0.3) is 0 Å². The van der Waals surface area contributed by atoms with Gasteiger partial charge in [-0.25, -0.2) is 0 Å². The van der Waals surface area contributed by atoms with Gasteiger partial charge in [-0.05, 0) is 60.7 Å². The minimum Gasteiger partial charge on any atom is -0.322 e. The summed E-state index contributed by atoms with van der Waals surface area (Å²) < 4.78 is 0. The molecule has 4 heteroatoms. The van der Waals surface area contributed by atoms with E-state index in [1.807, 2.05) is 36.4 Å². The molecule has 1 amide bonds. The molecule has 0 saturated carbocycles. The van der Waals surface area contributed by atoms with Gasteiger partial charge in [-0.15, -0.1) is 12.4 Å². The second kappa shape index (κ2) is 8.86. The van der Waals surface area contributed by atoms with Gasteiger partial charge in [0, 0.05) is 17.8 Å². The first-order chi connectivity index (χ1) is 11.3. The summed E-state index contributed by atoms with van der Waals surface area (Å²) in [6.45, 7) is 4.30. The van der Waals surface area contributed by atoms with E-state index >= 15 is 0 Å². The topological polar surface area (TPSA) is 41.1 Å². The van der Waals surface area contributed by atoms with Crippen LogP contribution in [0.4, 0.5) is 5.69 Å². The van der Waals surface area contributed by atoms with Crippen LogP contribution in [0.2, 0.25) is 0 Å². The van der Waals surface area contributed by atoms with Crippen LogP contribution in [0.1, 0.15) is 47.2 Å². The van der Waals surface area contributed by atoms with E-state index in [0.29, 0.717) is 11.5 Å². The zero-order valence-corrected chi connectivity index (χ0v) is 14.9. The lowest BCUT2D eigenvalue weighted by atomic mass is 9.98. The normalized spacial score (nSPS) is 16.5. The van der Waals surface area contributed by atoms with Crippen LogP contribution in [-0.4, -0.2) is 19.0 Å². The zero-order chi connectivity index (χ0) is 16.1. The molecule has 0 aliphatic carbocycles. The Labute approximate surface area is 150 Å². The Bertz CT molecular complexity index is 646. The van der Waals surface area contributed by atoms with Crippen LogP contribution >= 0.6 is 12.4 Å². The first kappa shape index (κ1) is 18.5. The highest BCUT2D eigenvalue weighted by molar-refractivity contribution is 6.04. The fourth-order valence-corrected chi connectivity index (χ4v) is 3.09. The maximum atomic E-state index is 12.3. The zero-order valence-electron chi connectivity index (χ0n) is 14.0. The minimum atomic E-state index is -0.0525. The Morgan fingerprint density at radius 2 is 1.83 bits per heavy atom. The highest BCUT2D eigenvalue weighted by atomic mass is 35.5. The van der Waals surface area contributed by atoms with Crippen LogP contribution in [-0.2, 0) is 6.42 Å². The van der Waals surface area contributed by atoms with Gasteiger partial charge in [0.25, 0.3) is 5.91 Å². The van der Waals surface area contributed by atoms with Crippen LogP contribution in [0.5, 0.6) is 0 Å². The summed E-state index contributed by atoms with van der Waals surface area (Å²) >= 11 is 0. The second-order valence-corrected chi connectivity index (χ2v) is 6.21. The minimum absolute atomic E-state index is 0. The molecule has 1 atom stereocenters. The molecule has 1 heterocycles. The number of anilines is 1. The fraction of sp³-hybridized carbons (Fsp3) is 0.350. The van der Waals surface area contributed by atoms with Crippen molar-refractivity contribution in [1.29, 1.82) is 0 Å². The third-order valence-corrected chi connectivity index (χ3v) is 4.46. The number of benzene rings is 2. The molecule has 2 aromatic carbocycles. The monoisotopic (exact) mass is 344 g/mol. The van der Waals surface area contributed by atoms with E-state index < -0.39 is 0 Å². The highest BCUT2D eigenvalue weighted by Gasteiger charge is 2.16. The standard InChI is InChI=1S/C20H24N2O.ClH/c1-2-3-15-4-6-17(7-5-15)20(23)22-19-10-8-16(9-11-19)18-12-13-21-14-18;/h4-11,18,21H,2-3,12-14H2,1H3,(H,22,23);1H. The van der Waals surface area contributed by atoms with Gasteiger partial charge < -0.3 is 10.6 Å². The van der Waals surface area contributed by atoms with Crippen molar-refractivity contribution in [1.82, 2.24) is 5.32 Å². The molecular weight excluding hydrogens is 320 g/mol. The van der Waals surface area contributed by atoms with Crippen molar-refractivity contribution in [3.05, 3.63) is 65.2 Å². The second-order valence-electron chi connectivity index (χ2n) is 6.21. The Morgan fingerprint density at radius 3 is 2.42 bits per heavy atom. The summed E-state index contributed by atoms with van der Waals surface area (Å²) in [6.07, 6.45) is 3.36. The van der Waals surface area contributed by atoms with E-state index in [1.165, 1.54) is 17.5 Å². The largest absolute Gasteiger partial charge is 0.322 e. The van der Waals surface area contributed by atoms with E-state index in [4.69, 9.17) is 0 Å². The number of hydrogen-bond donors (Lipinski definition) is 2. The number of hydrogen-bond acceptors (Lipinski definition) is 2. The Hall–Kier alpha value is -1.84. The van der Waals surface area contributed by atoms with Gasteiger partial charge in [0.1, 0.15) is 0 Å².